The number of hydrogen-bond donors (Lipinski definition) is 2. The highest BCUT2D eigenvalue weighted by Crippen LogP contribution is 2.23. The zero-order valence-corrected chi connectivity index (χ0v) is 12.8. The van der Waals surface area contributed by atoms with Crippen molar-refractivity contribution < 1.29 is 4.74 Å². The fraction of sp³-hybridized carbons (Fsp3) is 0.400. The molecule has 0 aliphatic heterocycles. The highest BCUT2D eigenvalue weighted by Gasteiger charge is 2.02. The van der Waals surface area contributed by atoms with Crippen molar-refractivity contribution in [1.29, 1.82) is 0 Å². The number of aryl methyl sites for hydroxylation is 1. The van der Waals surface area contributed by atoms with Gasteiger partial charge in [-0.2, -0.15) is 0 Å². The van der Waals surface area contributed by atoms with Gasteiger partial charge in [0.05, 0.1) is 11.6 Å². The van der Waals surface area contributed by atoms with Gasteiger partial charge in [0.1, 0.15) is 5.75 Å². The third-order valence-electron chi connectivity index (χ3n) is 2.74. The molecule has 2 aromatic rings. The number of nitrogen functional groups attached to an aromatic ring is 1. The molecule has 108 valence electrons. The predicted octanol–water partition coefficient (Wildman–Crippen LogP) is 3.48. The van der Waals surface area contributed by atoms with Crippen molar-refractivity contribution >= 4 is 22.7 Å². The molecule has 1 heterocycles. The van der Waals surface area contributed by atoms with Gasteiger partial charge in [0, 0.05) is 47.5 Å². The Kier molecular flexibility index (Phi) is 5.24. The van der Waals surface area contributed by atoms with Crippen LogP contribution in [0.25, 0.3) is 0 Å². The minimum Gasteiger partial charge on any atom is -0.493 e. The van der Waals surface area contributed by atoms with Gasteiger partial charge < -0.3 is 15.8 Å². The van der Waals surface area contributed by atoms with Gasteiger partial charge in [-0.25, -0.2) is 4.98 Å². The van der Waals surface area contributed by atoms with Crippen LogP contribution in [0.3, 0.4) is 0 Å². The number of ether oxygens (including phenoxy) is 1. The molecular formula is C15H21N3OS. The molecule has 0 aliphatic rings. The highest BCUT2D eigenvalue weighted by atomic mass is 32.1. The maximum Gasteiger partial charge on any atom is 0.123 e. The standard InChI is InChI=1S/C15H21N3OS/c1-3-6-19-14-8-12(16)7-13(9-14)17-5-4-15-18-11(2)10-20-15/h7-10,17H,3-6,16H2,1-2H3. The molecule has 5 heteroatoms. The van der Waals surface area contributed by atoms with Crippen molar-refractivity contribution in [3.63, 3.8) is 0 Å². The minimum absolute atomic E-state index is 0.710. The maximum atomic E-state index is 5.89. The smallest absolute Gasteiger partial charge is 0.123 e. The fourth-order valence-corrected chi connectivity index (χ4v) is 2.63. The van der Waals surface area contributed by atoms with Crippen LogP contribution in [0.15, 0.2) is 23.6 Å². The first-order chi connectivity index (χ1) is 9.67. The van der Waals surface area contributed by atoms with Crippen LogP contribution in [-0.4, -0.2) is 18.1 Å². The Labute approximate surface area is 124 Å². The Morgan fingerprint density at radius 1 is 1.35 bits per heavy atom. The van der Waals surface area contributed by atoms with E-state index in [1.165, 1.54) is 0 Å². The Balaban J connectivity index is 1.89. The van der Waals surface area contributed by atoms with E-state index in [-0.39, 0.29) is 0 Å². The monoisotopic (exact) mass is 291 g/mol. The van der Waals surface area contributed by atoms with Crippen molar-refractivity contribution in [2.45, 2.75) is 26.7 Å². The quantitative estimate of drug-likeness (QED) is 0.767. The van der Waals surface area contributed by atoms with Gasteiger partial charge in [-0.15, -0.1) is 11.3 Å². The summed E-state index contributed by atoms with van der Waals surface area (Å²) in [6.45, 7) is 5.65. The third-order valence-corrected chi connectivity index (χ3v) is 3.76. The number of thiazole rings is 1. The molecule has 0 aliphatic carbocycles. The van der Waals surface area contributed by atoms with Gasteiger partial charge in [-0.1, -0.05) is 6.92 Å². The first-order valence-electron chi connectivity index (χ1n) is 6.85. The molecule has 2 rings (SSSR count). The predicted molar refractivity (Wildman–Crippen MR) is 85.7 cm³/mol. The molecule has 20 heavy (non-hydrogen) atoms. The van der Waals surface area contributed by atoms with Crippen LogP contribution >= 0.6 is 11.3 Å². The average Bonchev–Trinajstić information content (AvgIpc) is 2.81. The van der Waals surface area contributed by atoms with E-state index in [1.54, 1.807) is 11.3 Å². The minimum atomic E-state index is 0.710. The van der Waals surface area contributed by atoms with Crippen LogP contribution in [0, 0.1) is 6.92 Å². The van der Waals surface area contributed by atoms with Crippen LogP contribution < -0.4 is 15.8 Å². The second kappa shape index (κ2) is 7.14. The molecule has 0 spiro atoms. The van der Waals surface area contributed by atoms with Gasteiger partial charge in [0.15, 0.2) is 0 Å². The van der Waals surface area contributed by atoms with E-state index in [1.807, 2.05) is 25.1 Å². The third kappa shape index (κ3) is 4.42. The number of anilines is 2. The lowest BCUT2D eigenvalue weighted by Crippen LogP contribution is -2.06. The highest BCUT2D eigenvalue weighted by molar-refractivity contribution is 7.09. The maximum absolute atomic E-state index is 5.89. The van der Waals surface area contributed by atoms with E-state index in [0.29, 0.717) is 12.3 Å². The van der Waals surface area contributed by atoms with E-state index in [2.05, 4.69) is 22.6 Å². The summed E-state index contributed by atoms with van der Waals surface area (Å²) in [6, 6.07) is 5.76. The molecular weight excluding hydrogens is 270 g/mol. The second-order valence-electron chi connectivity index (χ2n) is 4.70. The van der Waals surface area contributed by atoms with Crippen LogP contribution in [0.4, 0.5) is 11.4 Å². The lowest BCUT2D eigenvalue weighted by molar-refractivity contribution is 0.318. The summed E-state index contributed by atoms with van der Waals surface area (Å²) in [5, 5.41) is 6.60. The Bertz CT molecular complexity index is 554. The van der Waals surface area contributed by atoms with Crippen LogP contribution in [0.1, 0.15) is 24.0 Å². The van der Waals surface area contributed by atoms with Gasteiger partial charge in [0.2, 0.25) is 0 Å². The van der Waals surface area contributed by atoms with Crippen molar-refractivity contribution in [3.8, 4) is 5.75 Å². The largest absolute Gasteiger partial charge is 0.493 e. The topological polar surface area (TPSA) is 60.2 Å². The molecule has 0 atom stereocenters. The Morgan fingerprint density at radius 3 is 2.90 bits per heavy atom. The van der Waals surface area contributed by atoms with E-state index in [4.69, 9.17) is 10.5 Å². The fourth-order valence-electron chi connectivity index (χ4n) is 1.86. The zero-order valence-electron chi connectivity index (χ0n) is 12.0. The van der Waals surface area contributed by atoms with Crippen molar-refractivity contribution in [3.05, 3.63) is 34.3 Å². The molecule has 0 radical (unpaired) electrons. The molecule has 0 saturated carbocycles. The summed E-state index contributed by atoms with van der Waals surface area (Å²) in [4.78, 5) is 4.45. The van der Waals surface area contributed by atoms with Gasteiger partial charge >= 0.3 is 0 Å². The van der Waals surface area contributed by atoms with E-state index >= 15 is 0 Å². The Morgan fingerprint density at radius 2 is 2.20 bits per heavy atom. The van der Waals surface area contributed by atoms with E-state index in [0.717, 1.165) is 41.5 Å². The van der Waals surface area contributed by atoms with Crippen molar-refractivity contribution in [1.82, 2.24) is 4.98 Å². The summed E-state index contributed by atoms with van der Waals surface area (Å²) in [5.74, 6) is 0.819. The van der Waals surface area contributed by atoms with Crippen LogP contribution in [0.5, 0.6) is 5.75 Å². The number of benzene rings is 1. The Hall–Kier alpha value is -1.75. The van der Waals surface area contributed by atoms with Gasteiger partial charge in [-0.3, -0.25) is 0 Å². The molecule has 0 amide bonds. The van der Waals surface area contributed by atoms with Gasteiger partial charge in [0.25, 0.3) is 0 Å². The molecule has 0 bridgehead atoms. The first-order valence-corrected chi connectivity index (χ1v) is 7.73. The second-order valence-corrected chi connectivity index (χ2v) is 5.64. The number of nitrogens with two attached hydrogens (primary N) is 1. The van der Waals surface area contributed by atoms with Crippen LogP contribution in [-0.2, 0) is 6.42 Å². The van der Waals surface area contributed by atoms with Crippen LogP contribution in [0.2, 0.25) is 0 Å². The van der Waals surface area contributed by atoms with E-state index < -0.39 is 0 Å². The first kappa shape index (κ1) is 14.7. The molecule has 4 nitrogen and oxygen atoms in total. The van der Waals surface area contributed by atoms with Gasteiger partial charge in [-0.05, 0) is 19.4 Å². The molecule has 0 saturated heterocycles. The molecule has 1 aromatic carbocycles. The van der Waals surface area contributed by atoms with E-state index in [9.17, 15) is 0 Å². The summed E-state index contributed by atoms with van der Waals surface area (Å²) >= 11 is 1.70. The van der Waals surface area contributed by atoms with Crippen molar-refractivity contribution in [2.24, 2.45) is 0 Å². The molecule has 1 aromatic heterocycles. The average molecular weight is 291 g/mol. The summed E-state index contributed by atoms with van der Waals surface area (Å²) in [6.07, 6.45) is 1.90. The SMILES string of the molecule is CCCOc1cc(N)cc(NCCc2nc(C)cs2)c1. The molecule has 0 unspecified atom stereocenters. The number of aromatic nitrogens is 1. The number of nitrogens with zero attached hydrogens (tertiary/aromatic N) is 1. The summed E-state index contributed by atoms with van der Waals surface area (Å²) < 4.78 is 5.61. The summed E-state index contributed by atoms with van der Waals surface area (Å²) in [5.41, 5.74) is 8.68. The lowest BCUT2D eigenvalue weighted by Gasteiger charge is -2.10. The summed E-state index contributed by atoms with van der Waals surface area (Å²) in [7, 11) is 0. The number of nitrogens with one attached hydrogen (secondary N) is 1. The number of rotatable bonds is 7. The normalized spacial score (nSPS) is 10.5. The lowest BCUT2D eigenvalue weighted by atomic mass is 10.2. The molecule has 0 fully saturated rings. The molecule has 3 N–H and O–H groups in total. The zero-order chi connectivity index (χ0) is 14.4. The number of hydrogen-bond acceptors (Lipinski definition) is 5. The van der Waals surface area contributed by atoms with Crippen molar-refractivity contribution in [2.75, 3.05) is 24.2 Å².